The Hall–Kier alpha value is -3.52. The lowest BCUT2D eigenvalue weighted by Crippen LogP contribution is -2.10. The summed E-state index contributed by atoms with van der Waals surface area (Å²) >= 11 is 0. The number of anilines is 1. The highest BCUT2D eigenvalue weighted by Crippen LogP contribution is 2.48. The molecular weight excluding hydrogens is 457 g/mol. The largest absolute Gasteiger partial charge is 0.489 e. The van der Waals surface area contributed by atoms with E-state index in [-0.39, 0.29) is 26.0 Å². The summed E-state index contributed by atoms with van der Waals surface area (Å²) in [5.41, 5.74) is 8.94. The van der Waals surface area contributed by atoms with Gasteiger partial charge in [-0.3, -0.25) is 4.79 Å². The molecule has 0 radical (unpaired) electrons. The van der Waals surface area contributed by atoms with Crippen molar-refractivity contribution >= 4 is 11.7 Å². The van der Waals surface area contributed by atoms with Gasteiger partial charge in [0, 0.05) is 47.3 Å². The lowest BCUT2D eigenvalue weighted by atomic mass is 9.97. The number of ether oxygens (including phenoxy) is 1. The molecule has 1 saturated carbocycles. The fourth-order valence-electron chi connectivity index (χ4n) is 4.00. The molecule has 0 amide bonds. The standard InChI is InChI=1S/C27H27F3N2O3/c1-16(31)22-6-4-7-23(26(22)28)19-9-17(10-21(11-19)32-14-20-13-27(20,29)30)15-35-24-8-3-2-5-18(24)12-25(33)34/h2-11,16,20,32H,12-15,31H2,1H3,(H,33,34)/t16-,20?/m1/s1. The van der Waals surface area contributed by atoms with Crippen molar-refractivity contribution in [1.29, 1.82) is 0 Å². The van der Waals surface area contributed by atoms with Crippen LogP contribution in [0.5, 0.6) is 5.75 Å². The first-order valence-electron chi connectivity index (χ1n) is 11.4. The predicted octanol–water partition coefficient (Wildman–Crippen LogP) is 5.79. The van der Waals surface area contributed by atoms with Gasteiger partial charge < -0.3 is 20.9 Å². The van der Waals surface area contributed by atoms with Gasteiger partial charge in [-0.15, -0.1) is 0 Å². The zero-order chi connectivity index (χ0) is 25.2. The van der Waals surface area contributed by atoms with Gasteiger partial charge in [0.05, 0.1) is 6.42 Å². The Morgan fingerprint density at radius 3 is 2.63 bits per heavy atom. The molecular formula is C27H27F3N2O3. The van der Waals surface area contributed by atoms with E-state index in [1.54, 1.807) is 67.6 Å². The van der Waals surface area contributed by atoms with Crippen LogP contribution in [0.2, 0.25) is 0 Å². The molecule has 1 aliphatic carbocycles. The predicted molar refractivity (Wildman–Crippen MR) is 128 cm³/mol. The summed E-state index contributed by atoms with van der Waals surface area (Å²) in [6.45, 7) is 1.87. The van der Waals surface area contributed by atoms with E-state index in [0.717, 1.165) is 0 Å². The van der Waals surface area contributed by atoms with Crippen molar-refractivity contribution in [3.63, 3.8) is 0 Å². The number of carboxylic acids is 1. The van der Waals surface area contributed by atoms with Crippen molar-refractivity contribution < 1.29 is 27.8 Å². The van der Waals surface area contributed by atoms with E-state index in [1.807, 2.05) is 0 Å². The summed E-state index contributed by atoms with van der Waals surface area (Å²) in [5.74, 6) is -4.37. The van der Waals surface area contributed by atoms with E-state index in [4.69, 9.17) is 15.6 Å². The van der Waals surface area contributed by atoms with E-state index < -0.39 is 29.7 Å². The molecule has 4 rings (SSSR count). The van der Waals surface area contributed by atoms with Crippen LogP contribution in [0, 0.1) is 11.7 Å². The van der Waals surface area contributed by atoms with E-state index in [1.165, 1.54) is 0 Å². The molecule has 0 heterocycles. The Morgan fingerprint density at radius 1 is 1.20 bits per heavy atom. The number of nitrogens with one attached hydrogen (secondary N) is 1. The molecule has 0 aromatic heterocycles. The normalized spacial score (nSPS) is 17.0. The van der Waals surface area contributed by atoms with Gasteiger partial charge >= 0.3 is 5.97 Å². The van der Waals surface area contributed by atoms with Crippen LogP contribution in [-0.4, -0.2) is 23.5 Å². The van der Waals surface area contributed by atoms with Crippen LogP contribution in [0.3, 0.4) is 0 Å². The van der Waals surface area contributed by atoms with Crippen LogP contribution in [0.1, 0.15) is 36.1 Å². The van der Waals surface area contributed by atoms with Crippen molar-refractivity contribution in [3.05, 3.63) is 83.2 Å². The number of halogens is 3. The number of carboxylic acid groups (broad SMARTS) is 1. The summed E-state index contributed by atoms with van der Waals surface area (Å²) in [6, 6.07) is 16.6. The molecule has 0 spiro atoms. The van der Waals surface area contributed by atoms with Crippen LogP contribution in [-0.2, 0) is 17.8 Å². The highest BCUT2D eigenvalue weighted by Gasteiger charge is 2.56. The molecule has 5 nitrogen and oxygen atoms in total. The molecule has 0 saturated heterocycles. The monoisotopic (exact) mass is 484 g/mol. The van der Waals surface area contributed by atoms with Gasteiger partial charge in [0.1, 0.15) is 18.2 Å². The number of hydrogen-bond donors (Lipinski definition) is 3. The zero-order valence-electron chi connectivity index (χ0n) is 19.2. The molecule has 4 N–H and O–H groups in total. The summed E-state index contributed by atoms with van der Waals surface area (Å²) < 4.78 is 47.9. The number of benzene rings is 3. The van der Waals surface area contributed by atoms with E-state index >= 15 is 4.39 Å². The van der Waals surface area contributed by atoms with E-state index in [2.05, 4.69) is 5.32 Å². The van der Waals surface area contributed by atoms with Crippen molar-refractivity contribution in [2.45, 2.75) is 38.3 Å². The summed E-state index contributed by atoms with van der Waals surface area (Å²) in [7, 11) is 0. The molecule has 3 aromatic carbocycles. The topological polar surface area (TPSA) is 84.6 Å². The summed E-state index contributed by atoms with van der Waals surface area (Å²) in [5, 5.41) is 12.2. The first kappa shape index (κ1) is 24.6. The van der Waals surface area contributed by atoms with E-state index in [0.29, 0.717) is 39.3 Å². The lowest BCUT2D eigenvalue weighted by molar-refractivity contribution is -0.136. The van der Waals surface area contributed by atoms with Gasteiger partial charge in [0.15, 0.2) is 0 Å². The molecule has 0 aliphatic heterocycles. The minimum absolute atomic E-state index is 0.0767. The molecule has 0 bridgehead atoms. The molecule has 1 fully saturated rings. The number of alkyl halides is 2. The van der Waals surface area contributed by atoms with Crippen LogP contribution in [0.15, 0.2) is 60.7 Å². The molecule has 3 aromatic rings. The maximum Gasteiger partial charge on any atom is 0.307 e. The minimum Gasteiger partial charge on any atom is -0.489 e. The van der Waals surface area contributed by atoms with E-state index in [9.17, 15) is 13.6 Å². The number of carbonyl (C=O) groups is 1. The van der Waals surface area contributed by atoms with Gasteiger partial charge in [0.2, 0.25) is 0 Å². The van der Waals surface area contributed by atoms with Crippen LogP contribution in [0.25, 0.3) is 11.1 Å². The number of para-hydroxylation sites is 1. The quantitative estimate of drug-likeness (QED) is 0.339. The fourth-order valence-corrected chi connectivity index (χ4v) is 4.00. The van der Waals surface area contributed by atoms with Crippen molar-refractivity contribution in [2.24, 2.45) is 11.7 Å². The zero-order valence-corrected chi connectivity index (χ0v) is 19.2. The lowest BCUT2D eigenvalue weighted by Gasteiger charge is -2.16. The molecule has 1 aliphatic rings. The van der Waals surface area contributed by atoms with Crippen LogP contribution < -0.4 is 15.8 Å². The Bertz CT molecular complexity index is 1230. The number of aliphatic carboxylic acids is 1. The summed E-state index contributed by atoms with van der Waals surface area (Å²) in [4.78, 5) is 11.2. The third-order valence-electron chi connectivity index (χ3n) is 6.04. The highest BCUT2D eigenvalue weighted by molar-refractivity contribution is 5.72. The third kappa shape index (κ3) is 5.95. The van der Waals surface area contributed by atoms with Gasteiger partial charge in [-0.2, -0.15) is 0 Å². The second-order valence-electron chi connectivity index (χ2n) is 8.93. The number of rotatable bonds is 10. The van der Waals surface area contributed by atoms with Crippen molar-refractivity contribution in [2.75, 3.05) is 11.9 Å². The second-order valence-corrected chi connectivity index (χ2v) is 8.93. The highest BCUT2D eigenvalue weighted by atomic mass is 19.3. The maximum atomic E-state index is 15.2. The van der Waals surface area contributed by atoms with Crippen molar-refractivity contribution in [3.8, 4) is 16.9 Å². The Kier molecular flexibility index (Phi) is 7.03. The average molecular weight is 485 g/mol. The maximum absolute atomic E-state index is 15.2. The number of nitrogens with two attached hydrogens (primary N) is 1. The molecule has 2 atom stereocenters. The van der Waals surface area contributed by atoms with Gasteiger partial charge in [-0.1, -0.05) is 36.4 Å². The summed E-state index contributed by atoms with van der Waals surface area (Å²) in [6.07, 6.45) is -0.338. The SMILES string of the molecule is C[C@@H](N)c1cccc(-c2cc(COc3ccccc3CC(=O)O)cc(NCC3CC3(F)F)c2)c1F. The second kappa shape index (κ2) is 10.00. The smallest absolute Gasteiger partial charge is 0.307 e. The Balaban J connectivity index is 1.63. The molecule has 8 heteroatoms. The molecule has 1 unspecified atom stereocenters. The van der Waals surface area contributed by atoms with Crippen LogP contribution in [0.4, 0.5) is 18.9 Å². The van der Waals surface area contributed by atoms with Crippen molar-refractivity contribution in [1.82, 2.24) is 0 Å². The number of hydrogen-bond acceptors (Lipinski definition) is 4. The van der Waals surface area contributed by atoms with Gasteiger partial charge in [-0.25, -0.2) is 13.2 Å². The molecule has 35 heavy (non-hydrogen) atoms. The Labute approximate surface area is 201 Å². The fraction of sp³-hybridized carbons (Fsp3) is 0.296. The van der Waals surface area contributed by atoms with Crippen LogP contribution >= 0.6 is 0 Å². The third-order valence-corrected chi connectivity index (χ3v) is 6.04. The van der Waals surface area contributed by atoms with Gasteiger partial charge in [-0.05, 0) is 42.3 Å². The minimum atomic E-state index is -2.65. The average Bonchev–Trinajstić information content (AvgIpc) is 3.42. The van der Waals surface area contributed by atoms with Gasteiger partial charge in [0.25, 0.3) is 5.92 Å². The first-order chi connectivity index (χ1) is 16.6. The first-order valence-corrected chi connectivity index (χ1v) is 11.4. The molecule has 184 valence electrons. The Morgan fingerprint density at radius 2 is 1.94 bits per heavy atom.